The Labute approximate surface area is 225 Å². The first-order chi connectivity index (χ1) is 17.5. The number of thiophene rings is 1. The van der Waals surface area contributed by atoms with Gasteiger partial charge in [-0.15, -0.1) is 11.3 Å². The second kappa shape index (κ2) is 17.3. The predicted octanol–water partition coefficient (Wildman–Crippen LogP) is 8.59. The normalized spacial score (nSPS) is 14.6. The smallest absolute Gasteiger partial charge is 0.0433 e. The zero-order valence-electron chi connectivity index (χ0n) is 23.1. The van der Waals surface area contributed by atoms with Gasteiger partial charge in [-0.1, -0.05) is 86.7 Å². The molecule has 0 aliphatic carbocycles. The summed E-state index contributed by atoms with van der Waals surface area (Å²) in [4.78, 5) is 2.82. The highest BCUT2D eigenvalue weighted by molar-refractivity contribution is 7.12. The van der Waals surface area contributed by atoms with Crippen molar-refractivity contribution < 1.29 is 0 Å². The lowest BCUT2D eigenvalue weighted by Gasteiger charge is -2.18. The molecular weight excluding hydrogens is 456 g/mol. The number of hydrogen-bond acceptors (Lipinski definition) is 3. The maximum atomic E-state index is 4.19. The third-order valence-electron chi connectivity index (χ3n) is 6.47. The highest BCUT2D eigenvalue weighted by Crippen LogP contribution is 2.37. The van der Waals surface area contributed by atoms with Crippen molar-refractivity contribution in [2.75, 3.05) is 13.1 Å². The molecular formula is C33H48N2S. The minimum atomic E-state index is 0.236. The Bertz CT molecular complexity index is 953. The molecule has 2 N–H and O–H groups in total. The van der Waals surface area contributed by atoms with E-state index in [2.05, 4.69) is 112 Å². The quantitative estimate of drug-likeness (QED) is 0.121. The van der Waals surface area contributed by atoms with Crippen molar-refractivity contribution in [1.29, 1.82) is 0 Å². The van der Waals surface area contributed by atoms with Crippen LogP contribution in [-0.2, 0) is 6.42 Å². The molecule has 3 heteroatoms. The zero-order valence-corrected chi connectivity index (χ0v) is 23.9. The summed E-state index contributed by atoms with van der Waals surface area (Å²) in [6.07, 6.45) is 15.2. The molecule has 1 aromatic carbocycles. The maximum absolute atomic E-state index is 4.19. The molecule has 0 saturated heterocycles. The molecule has 3 unspecified atom stereocenters. The summed E-state index contributed by atoms with van der Waals surface area (Å²) < 4.78 is 0. The third-order valence-corrected chi connectivity index (χ3v) is 7.68. The van der Waals surface area contributed by atoms with Gasteiger partial charge >= 0.3 is 0 Å². The molecule has 0 radical (unpaired) electrons. The van der Waals surface area contributed by atoms with E-state index in [0.717, 1.165) is 32.4 Å². The van der Waals surface area contributed by atoms with Crippen LogP contribution in [-0.4, -0.2) is 25.2 Å². The van der Waals surface area contributed by atoms with Crippen LogP contribution in [0.2, 0.25) is 0 Å². The lowest BCUT2D eigenvalue weighted by molar-refractivity contribution is 0.466. The first kappa shape index (κ1) is 30.0. The van der Waals surface area contributed by atoms with Gasteiger partial charge in [-0.2, -0.15) is 0 Å². The van der Waals surface area contributed by atoms with Crippen LogP contribution in [0.3, 0.4) is 0 Å². The largest absolute Gasteiger partial charge is 0.314 e. The van der Waals surface area contributed by atoms with Gasteiger partial charge in [0.15, 0.2) is 0 Å². The molecule has 0 fully saturated rings. The van der Waals surface area contributed by atoms with Crippen LogP contribution in [0.25, 0.3) is 0 Å². The number of nitrogens with one attached hydrogen (secondary N) is 2. The Morgan fingerprint density at radius 3 is 2.47 bits per heavy atom. The van der Waals surface area contributed by atoms with E-state index in [9.17, 15) is 0 Å². The number of allylic oxidation sites excluding steroid dienone is 5. The van der Waals surface area contributed by atoms with Crippen molar-refractivity contribution in [3.8, 4) is 0 Å². The lowest BCUT2D eigenvalue weighted by Crippen LogP contribution is -2.31. The van der Waals surface area contributed by atoms with Gasteiger partial charge in [-0.05, 0) is 82.7 Å². The van der Waals surface area contributed by atoms with E-state index in [4.69, 9.17) is 0 Å². The minimum Gasteiger partial charge on any atom is -0.314 e. The molecule has 0 spiro atoms. The Hall–Kier alpha value is -2.20. The topological polar surface area (TPSA) is 24.1 Å². The Morgan fingerprint density at radius 1 is 1.03 bits per heavy atom. The summed E-state index contributed by atoms with van der Waals surface area (Å²) in [5.41, 5.74) is 3.96. The van der Waals surface area contributed by atoms with Crippen molar-refractivity contribution in [3.05, 3.63) is 106 Å². The van der Waals surface area contributed by atoms with E-state index in [-0.39, 0.29) is 5.92 Å². The van der Waals surface area contributed by atoms with Crippen molar-refractivity contribution in [2.24, 2.45) is 0 Å². The van der Waals surface area contributed by atoms with Crippen molar-refractivity contribution in [2.45, 2.75) is 84.2 Å². The lowest BCUT2D eigenvalue weighted by atomic mass is 9.89. The molecule has 3 atom stereocenters. The summed E-state index contributed by atoms with van der Waals surface area (Å²) in [5, 5.41) is 7.39. The standard InChI is InChI=1S/C33H48N2S/c1-7-14-26(4)25-28(6)34-23-13-17-27(5)35-24-22-31-20-21-32(36-31)33(29(15-8-2)16-9-3)30-18-11-10-12-19-30/h8-12,15-16,18-21,27-28,33-35H,2,4,7,13-14,17,22-25H2,1,3,5-6H3/b16-9-,29-15+. The van der Waals surface area contributed by atoms with Crippen LogP contribution in [0.15, 0.2) is 91.1 Å². The molecule has 0 bridgehead atoms. The van der Waals surface area contributed by atoms with Gasteiger partial charge in [0, 0.05) is 34.3 Å². The third kappa shape index (κ3) is 10.8. The fourth-order valence-corrected chi connectivity index (χ4v) is 5.86. The molecule has 36 heavy (non-hydrogen) atoms. The summed E-state index contributed by atoms with van der Waals surface area (Å²) in [6, 6.07) is 16.5. The number of hydrogen-bond donors (Lipinski definition) is 2. The molecule has 0 aliphatic rings. The van der Waals surface area contributed by atoms with Crippen molar-refractivity contribution in [1.82, 2.24) is 10.6 Å². The molecule has 2 nitrogen and oxygen atoms in total. The van der Waals surface area contributed by atoms with Gasteiger partial charge < -0.3 is 10.6 Å². The molecule has 0 amide bonds. The predicted molar refractivity (Wildman–Crippen MR) is 162 cm³/mol. The Kier molecular flexibility index (Phi) is 14.4. The molecule has 1 heterocycles. The average molecular weight is 505 g/mol. The Morgan fingerprint density at radius 2 is 1.78 bits per heavy atom. The second-order valence-corrected chi connectivity index (χ2v) is 11.1. The van der Waals surface area contributed by atoms with E-state index in [1.165, 1.54) is 45.7 Å². The summed E-state index contributed by atoms with van der Waals surface area (Å²) in [6.45, 7) is 19.1. The fraction of sp³-hybridized carbons (Fsp3) is 0.455. The van der Waals surface area contributed by atoms with Gasteiger partial charge in [0.2, 0.25) is 0 Å². The molecule has 1 aromatic heterocycles. The Balaban J connectivity index is 1.83. The molecule has 0 aliphatic heterocycles. The van der Waals surface area contributed by atoms with Gasteiger partial charge in [0.05, 0.1) is 0 Å². The summed E-state index contributed by atoms with van der Waals surface area (Å²) >= 11 is 1.93. The average Bonchev–Trinajstić information content (AvgIpc) is 3.31. The minimum absolute atomic E-state index is 0.236. The van der Waals surface area contributed by atoms with Gasteiger partial charge in [-0.25, -0.2) is 0 Å². The van der Waals surface area contributed by atoms with Crippen LogP contribution >= 0.6 is 11.3 Å². The first-order valence-corrected chi connectivity index (χ1v) is 14.5. The first-order valence-electron chi connectivity index (χ1n) is 13.7. The van der Waals surface area contributed by atoms with Gasteiger partial charge in [0.1, 0.15) is 0 Å². The molecule has 2 aromatic rings. The van der Waals surface area contributed by atoms with Crippen LogP contribution in [0.5, 0.6) is 0 Å². The van der Waals surface area contributed by atoms with E-state index in [0.29, 0.717) is 12.1 Å². The van der Waals surface area contributed by atoms with E-state index < -0.39 is 0 Å². The number of benzene rings is 1. The maximum Gasteiger partial charge on any atom is 0.0433 e. The SMILES string of the molecule is C=C/C=C(\C=C/C)C(c1ccccc1)c1ccc(CCNC(C)CCCNC(C)CC(=C)CCC)s1. The molecule has 2 rings (SSSR count). The van der Waals surface area contributed by atoms with Crippen LogP contribution in [0.1, 0.15) is 81.0 Å². The summed E-state index contributed by atoms with van der Waals surface area (Å²) in [7, 11) is 0. The van der Waals surface area contributed by atoms with Gasteiger partial charge in [0.25, 0.3) is 0 Å². The highest BCUT2D eigenvalue weighted by atomic mass is 32.1. The van der Waals surface area contributed by atoms with Crippen molar-refractivity contribution in [3.63, 3.8) is 0 Å². The van der Waals surface area contributed by atoms with Crippen LogP contribution < -0.4 is 10.6 Å². The molecule has 0 saturated carbocycles. The number of rotatable bonds is 18. The highest BCUT2D eigenvalue weighted by Gasteiger charge is 2.19. The fourth-order valence-electron chi connectivity index (χ4n) is 4.69. The van der Waals surface area contributed by atoms with E-state index in [1.54, 1.807) is 0 Å². The van der Waals surface area contributed by atoms with E-state index in [1.807, 2.05) is 17.4 Å². The van der Waals surface area contributed by atoms with E-state index >= 15 is 0 Å². The van der Waals surface area contributed by atoms with Crippen molar-refractivity contribution >= 4 is 11.3 Å². The van der Waals surface area contributed by atoms with Gasteiger partial charge in [-0.3, -0.25) is 0 Å². The van der Waals surface area contributed by atoms with Crippen LogP contribution in [0, 0.1) is 0 Å². The monoisotopic (exact) mass is 504 g/mol. The second-order valence-electron chi connectivity index (χ2n) is 9.86. The summed E-state index contributed by atoms with van der Waals surface area (Å²) in [5.74, 6) is 0.236. The van der Waals surface area contributed by atoms with Crippen LogP contribution in [0.4, 0.5) is 0 Å². The molecule has 196 valence electrons. The zero-order chi connectivity index (χ0) is 26.2.